The second-order valence-corrected chi connectivity index (χ2v) is 6.05. The molecule has 142 valence electrons. The highest BCUT2D eigenvalue weighted by Crippen LogP contribution is 2.39. The van der Waals surface area contributed by atoms with E-state index in [9.17, 15) is 23.7 Å². The maximum Gasteiger partial charge on any atom is 0.417 e. The van der Waals surface area contributed by atoms with E-state index in [1.807, 2.05) is 18.2 Å². The van der Waals surface area contributed by atoms with Crippen LogP contribution in [0.25, 0.3) is 16.9 Å². The van der Waals surface area contributed by atoms with Crippen LogP contribution in [0.3, 0.4) is 0 Å². The molecule has 0 atom stereocenters. The standard InChI is InChI=1S/C18H7ClF3N7/c19-14-3-10(1-2-13(14)18(20,21)22)15-11(5-24)16(26)28-17(12(15)6-25)29-8-9(4-23)7-27-29/h1-3,7-8H,(H2,26,28). The molecular weight excluding hydrogens is 407 g/mol. The fourth-order valence-electron chi connectivity index (χ4n) is 2.66. The fourth-order valence-corrected chi connectivity index (χ4v) is 2.95. The van der Waals surface area contributed by atoms with Crippen LogP contribution in [0.5, 0.6) is 0 Å². The quantitative estimate of drug-likeness (QED) is 0.680. The minimum Gasteiger partial charge on any atom is -0.383 e. The average molecular weight is 414 g/mol. The third-order valence-corrected chi connectivity index (χ3v) is 4.23. The molecule has 0 bridgehead atoms. The molecule has 7 nitrogen and oxygen atoms in total. The summed E-state index contributed by atoms with van der Waals surface area (Å²) < 4.78 is 40.1. The molecule has 2 N–H and O–H groups in total. The van der Waals surface area contributed by atoms with Gasteiger partial charge in [0.1, 0.15) is 35.2 Å². The predicted octanol–water partition coefficient (Wildman–Crippen LogP) is 3.80. The van der Waals surface area contributed by atoms with Crippen LogP contribution >= 0.6 is 11.6 Å². The van der Waals surface area contributed by atoms with E-state index in [4.69, 9.17) is 22.6 Å². The highest BCUT2D eigenvalue weighted by atomic mass is 35.5. The molecule has 3 aromatic rings. The summed E-state index contributed by atoms with van der Waals surface area (Å²) in [5, 5.41) is 31.4. The summed E-state index contributed by atoms with van der Waals surface area (Å²) in [6, 6.07) is 8.38. The fraction of sp³-hybridized carbons (Fsp3) is 0.0556. The molecule has 0 amide bonds. The van der Waals surface area contributed by atoms with Crippen LogP contribution in [0.4, 0.5) is 19.0 Å². The second kappa shape index (κ2) is 7.16. The monoisotopic (exact) mass is 413 g/mol. The van der Waals surface area contributed by atoms with Crippen molar-refractivity contribution in [3.63, 3.8) is 0 Å². The second-order valence-electron chi connectivity index (χ2n) is 5.65. The first-order chi connectivity index (χ1) is 13.7. The molecule has 0 aliphatic heterocycles. The van der Waals surface area contributed by atoms with Crippen molar-refractivity contribution in [1.82, 2.24) is 14.8 Å². The number of rotatable bonds is 2. The van der Waals surface area contributed by atoms with Gasteiger partial charge in [0.05, 0.1) is 28.5 Å². The van der Waals surface area contributed by atoms with Crippen LogP contribution in [0.15, 0.2) is 30.6 Å². The Morgan fingerprint density at radius 3 is 2.28 bits per heavy atom. The molecular formula is C18H7ClF3N7. The number of hydrogen-bond acceptors (Lipinski definition) is 6. The normalized spacial score (nSPS) is 10.8. The van der Waals surface area contributed by atoms with Gasteiger partial charge in [0.2, 0.25) is 0 Å². The number of nitrogens with zero attached hydrogens (tertiary/aromatic N) is 6. The Kier molecular flexibility index (Phi) is 4.86. The van der Waals surface area contributed by atoms with Crippen molar-refractivity contribution in [3.8, 4) is 35.2 Å². The number of alkyl halides is 3. The third-order valence-electron chi connectivity index (χ3n) is 3.92. The molecule has 0 aliphatic carbocycles. The first-order valence-corrected chi connectivity index (χ1v) is 8.05. The lowest BCUT2D eigenvalue weighted by Gasteiger charge is -2.15. The van der Waals surface area contributed by atoms with E-state index in [0.29, 0.717) is 0 Å². The number of nitrogen functional groups attached to an aromatic ring is 1. The molecule has 11 heteroatoms. The van der Waals surface area contributed by atoms with Gasteiger partial charge in [0, 0.05) is 5.56 Å². The van der Waals surface area contributed by atoms with Gasteiger partial charge in [-0.15, -0.1) is 0 Å². The number of halogens is 4. The largest absolute Gasteiger partial charge is 0.417 e. The smallest absolute Gasteiger partial charge is 0.383 e. The van der Waals surface area contributed by atoms with Crippen LogP contribution in [-0.4, -0.2) is 14.8 Å². The van der Waals surface area contributed by atoms with E-state index in [2.05, 4.69) is 10.1 Å². The number of nitrogens with two attached hydrogens (primary N) is 1. The molecule has 1 aromatic carbocycles. The number of benzene rings is 1. The van der Waals surface area contributed by atoms with Crippen molar-refractivity contribution in [2.75, 3.05) is 5.73 Å². The molecule has 0 radical (unpaired) electrons. The van der Waals surface area contributed by atoms with Crippen LogP contribution < -0.4 is 5.73 Å². The lowest BCUT2D eigenvalue weighted by atomic mass is 9.95. The minimum absolute atomic E-state index is 0.0397. The first kappa shape index (κ1) is 19.7. The van der Waals surface area contributed by atoms with Gasteiger partial charge in [-0.1, -0.05) is 17.7 Å². The lowest BCUT2D eigenvalue weighted by molar-refractivity contribution is -0.137. The van der Waals surface area contributed by atoms with Crippen molar-refractivity contribution in [2.24, 2.45) is 0 Å². The zero-order valence-corrected chi connectivity index (χ0v) is 14.9. The van der Waals surface area contributed by atoms with Crippen molar-refractivity contribution in [1.29, 1.82) is 15.8 Å². The zero-order valence-electron chi connectivity index (χ0n) is 14.2. The van der Waals surface area contributed by atoms with Crippen molar-refractivity contribution in [2.45, 2.75) is 6.18 Å². The summed E-state index contributed by atoms with van der Waals surface area (Å²) in [7, 11) is 0. The summed E-state index contributed by atoms with van der Waals surface area (Å²) in [6.07, 6.45) is -2.15. The SMILES string of the molecule is N#Cc1cnn(-c2nc(N)c(C#N)c(-c3ccc(C(F)(F)F)c(Cl)c3)c2C#N)c1. The molecule has 0 fully saturated rings. The topological polar surface area (TPSA) is 128 Å². The van der Waals surface area contributed by atoms with E-state index >= 15 is 0 Å². The van der Waals surface area contributed by atoms with Gasteiger partial charge >= 0.3 is 6.18 Å². The molecule has 2 aromatic heterocycles. The van der Waals surface area contributed by atoms with Crippen LogP contribution in [-0.2, 0) is 6.18 Å². The molecule has 0 spiro atoms. The first-order valence-electron chi connectivity index (χ1n) is 7.67. The van der Waals surface area contributed by atoms with Crippen LogP contribution in [0.2, 0.25) is 5.02 Å². The van der Waals surface area contributed by atoms with E-state index in [0.717, 1.165) is 22.9 Å². The van der Waals surface area contributed by atoms with Crippen molar-refractivity contribution >= 4 is 17.4 Å². The Hall–Kier alpha value is -4.07. The summed E-state index contributed by atoms with van der Waals surface area (Å²) in [5.74, 6) is -0.349. The summed E-state index contributed by atoms with van der Waals surface area (Å²) in [6.45, 7) is 0. The predicted molar refractivity (Wildman–Crippen MR) is 95.4 cm³/mol. The molecule has 2 heterocycles. The van der Waals surface area contributed by atoms with E-state index < -0.39 is 16.8 Å². The van der Waals surface area contributed by atoms with Gasteiger partial charge in [-0.3, -0.25) is 0 Å². The minimum atomic E-state index is -4.67. The van der Waals surface area contributed by atoms with Crippen molar-refractivity contribution in [3.05, 3.63) is 57.9 Å². The summed E-state index contributed by atoms with van der Waals surface area (Å²) in [4.78, 5) is 4.01. The Labute approximate surface area is 166 Å². The Bertz CT molecular complexity index is 1260. The Morgan fingerprint density at radius 1 is 1.07 bits per heavy atom. The van der Waals surface area contributed by atoms with Crippen LogP contribution in [0, 0.1) is 34.0 Å². The number of nitriles is 3. The van der Waals surface area contributed by atoms with Gasteiger partial charge in [-0.2, -0.15) is 34.1 Å². The summed E-state index contributed by atoms with van der Waals surface area (Å²) in [5.41, 5.74) is 4.62. The van der Waals surface area contributed by atoms with Crippen molar-refractivity contribution < 1.29 is 13.2 Å². The average Bonchev–Trinajstić information content (AvgIpc) is 3.15. The van der Waals surface area contributed by atoms with Gasteiger partial charge in [0.15, 0.2) is 5.82 Å². The van der Waals surface area contributed by atoms with E-state index in [1.165, 1.54) is 12.4 Å². The molecule has 0 saturated heterocycles. The maximum atomic E-state index is 13.0. The Balaban J connectivity index is 2.34. The van der Waals surface area contributed by atoms with Crippen LogP contribution in [0.1, 0.15) is 22.3 Å². The van der Waals surface area contributed by atoms with Gasteiger partial charge in [-0.05, 0) is 17.7 Å². The number of aromatic nitrogens is 3. The number of pyridine rings is 1. The van der Waals surface area contributed by atoms with Gasteiger partial charge < -0.3 is 5.73 Å². The molecule has 0 aliphatic rings. The molecule has 0 saturated carbocycles. The van der Waals surface area contributed by atoms with E-state index in [1.54, 1.807) is 0 Å². The lowest BCUT2D eigenvalue weighted by Crippen LogP contribution is -2.09. The molecule has 29 heavy (non-hydrogen) atoms. The van der Waals surface area contributed by atoms with Gasteiger partial charge in [-0.25, -0.2) is 9.67 Å². The Morgan fingerprint density at radius 2 is 1.76 bits per heavy atom. The number of anilines is 1. The van der Waals surface area contributed by atoms with Gasteiger partial charge in [0.25, 0.3) is 0 Å². The zero-order chi connectivity index (χ0) is 21.3. The molecule has 3 rings (SSSR count). The van der Waals surface area contributed by atoms with E-state index in [-0.39, 0.29) is 39.5 Å². The summed E-state index contributed by atoms with van der Waals surface area (Å²) >= 11 is 5.79. The highest BCUT2D eigenvalue weighted by molar-refractivity contribution is 6.31. The third kappa shape index (κ3) is 3.43. The number of hydrogen-bond donors (Lipinski definition) is 1. The highest BCUT2D eigenvalue weighted by Gasteiger charge is 2.33. The molecule has 0 unspecified atom stereocenters. The maximum absolute atomic E-state index is 13.0.